The molecule has 18 heavy (non-hydrogen) atoms. The van der Waals surface area contributed by atoms with Crippen molar-refractivity contribution in [2.75, 3.05) is 11.4 Å². The van der Waals surface area contributed by atoms with E-state index in [-0.39, 0.29) is 0 Å². The summed E-state index contributed by atoms with van der Waals surface area (Å²) in [6.07, 6.45) is 6.21. The summed E-state index contributed by atoms with van der Waals surface area (Å²) in [5.41, 5.74) is 4.09. The molecular formula is C15H15BrN2. The second kappa shape index (κ2) is 5.11. The second-order valence-corrected chi connectivity index (χ2v) is 5.58. The highest BCUT2D eigenvalue weighted by Gasteiger charge is 2.16. The molecule has 0 saturated carbocycles. The summed E-state index contributed by atoms with van der Waals surface area (Å²) >= 11 is 3.48. The molecule has 92 valence electrons. The van der Waals surface area contributed by atoms with Gasteiger partial charge in [-0.3, -0.25) is 4.98 Å². The minimum atomic E-state index is 0.934. The number of halogens is 1. The molecule has 1 aliphatic heterocycles. The molecule has 0 amide bonds. The van der Waals surface area contributed by atoms with Gasteiger partial charge in [0.1, 0.15) is 0 Å². The van der Waals surface area contributed by atoms with Crippen LogP contribution in [-0.4, -0.2) is 11.5 Å². The van der Waals surface area contributed by atoms with Crippen LogP contribution in [0.5, 0.6) is 0 Å². The molecular weight excluding hydrogens is 288 g/mol. The van der Waals surface area contributed by atoms with E-state index < -0.39 is 0 Å². The fourth-order valence-electron chi connectivity index (χ4n) is 2.54. The predicted molar refractivity (Wildman–Crippen MR) is 77.8 cm³/mol. The highest BCUT2D eigenvalue weighted by Crippen LogP contribution is 2.28. The second-order valence-electron chi connectivity index (χ2n) is 4.67. The third kappa shape index (κ3) is 2.41. The molecule has 2 aromatic rings. The van der Waals surface area contributed by atoms with Gasteiger partial charge in [0, 0.05) is 35.6 Å². The molecule has 2 nitrogen and oxygen atoms in total. The highest BCUT2D eigenvalue weighted by atomic mass is 79.9. The fourth-order valence-corrected chi connectivity index (χ4v) is 2.95. The average molecular weight is 303 g/mol. The first kappa shape index (κ1) is 11.7. The average Bonchev–Trinajstić information content (AvgIpc) is 2.39. The summed E-state index contributed by atoms with van der Waals surface area (Å²) in [7, 11) is 0. The summed E-state index contributed by atoms with van der Waals surface area (Å²) in [5.74, 6) is 0. The van der Waals surface area contributed by atoms with Crippen LogP contribution in [0.2, 0.25) is 0 Å². The quantitative estimate of drug-likeness (QED) is 0.839. The first-order valence-corrected chi connectivity index (χ1v) is 7.04. The van der Waals surface area contributed by atoms with Gasteiger partial charge in [0.05, 0.1) is 0 Å². The standard InChI is InChI=1S/C15H15BrN2/c16-14-8-12(9-17-10-14)11-18-7-3-5-13-4-1-2-6-15(13)18/h1-2,4,6,8-10H,3,5,7,11H2. The Morgan fingerprint density at radius 2 is 2.11 bits per heavy atom. The Kier molecular flexibility index (Phi) is 3.33. The number of aromatic nitrogens is 1. The Morgan fingerprint density at radius 1 is 1.22 bits per heavy atom. The zero-order valence-corrected chi connectivity index (χ0v) is 11.7. The number of nitrogens with zero attached hydrogens (tertiary/aromatic N) is 2. The molecule has 0 aliphatic carbocycles. The number of pyridine rings is 1. The number of fused-ring (bicyclic) bond motifs is 1. The Morgan fingerprint density at radius 3 is 3.00 bits per heavy atom. The van der Waals surface area contributed by atoms with Crippen molar-refractivity contribution in [1.29, 1.82) is 0 Å². The maximum atomic E-state index is 4.23. The van der Waals surface area contributed by atoms with Crippen molar-refractivity contribution in [2.45, 2.75) is 19.4 Å². The molecule has 1 aliphatic rings. The van der Waals surface area contributed by atoms with Crippen LogP contribution in [0.3, 0.4) is 0 Å². The van der Waals surface area contributed by atoms with Crippen molar-refractivity contribution in [3.8, 4) is 0 Å². The van der Waals surface area contributed by atoms with E-state index in [1.807, 2.05) is 12.4 Å². The lowest BCUT2D eigenvalue weighted by molar-refractivity contribution is 0.690. The summed E-state index contributed by atoms with van der Waals surface area (Å²) in [6.45, 7) is 2.06. The zero-order chi connectivity index (χ0) is 12.4. The first-order valence-electron chi connectivity index (χ1n) is 6.25. The Hall–Kier alpha value is -1.35. The van der Waals surface area contributed by atoms with Crippen LogP contribution in [-0.2, 0) is 13.0 Å². The van der Waals surface area contributed by atoms with Gasteiger partial charge in [-0.15, -0.1) is 0 Å². The summed E-state index contributed by atoms with van der Waals surface area (Å²) in [6, 6.07) is 10.9. The van der Waals surface area contributed by atoms with Crippen molar-refractivity contribution in [3.05, 3.63) is 58.3 Å². The maximum absolute atomic E-state index is 4.23. The summed E-state index contributed by atoms with van der Waals surface area (Å²) < 4.78 is 1.05. The van der Waals surface area contributed by atoms with Crippen molar-refractivity contribution >= 4 is 21.6 Å². The molecule has 1 aromatic carbocycles. The molecule has 2 heterocycles. The number of rotatable bonds is 2. The number of anilines is 1. The lowest BCUT2D eigenvalue weighted by Crippen LogP contribution is -2.28. The SMILES string of the molecule is Brc1cncc(CN2CCCc3ccccc32)c1. The number of hydrogen-bond donors (Lipinski definition) is 0. The van der Waals surface area contributed by atoms with Crippen LogP contribution < -0.4 is 4.90 Å². The molecule has 0 unspecified atom stereocenters. The lowest BCUT2D eigenvalue weighted by Gasteiger charge is -2.31. The van der Waals surface area contributed by atoms with Gasteiger partial charge in [-0.2, -0.15) is 0 Å². The van der Waals surface area contributed by atoms with Gasteiger partial charge in [0.25, 0.3) is 0 Å². The fraction of sp³-hybridized carbons (Fsp3) is 0.267. The Balaban J connectivity index is 1.86. The Labute approximate surface area is 116 Å². The van der Waals surface area contributed by atoms with E-state index in [0.717, 1.165) is 17.6 Å². The predicted octanol–water partition coefficient (Wildman–Crippen LogP) is 3.80. The van der Waals surface area contributed by atoms with Crippen LogP contribution in [0.15, 0.2) is 47.2 Å². The van der Waals surface area contributed by atoms with Gasteiger partial charge in [-0.25, -0.2) is 0 Å². The molecule has 0 N–H and O–H groups in total. The molecule has 0 saturated heterocycles. The largest absolute Gasteiger partial charge is 0.367 e. The normalized spacial score (nSPS) is 14.4. The number of para-hydroxylation sites is 1. The molecule has 3 heteroatoms. The molecule has 3 rings (SSSR count). The molecule has 0 fully saturated rings. The lowest BCUT2D eigenvalue weighted by atomic mass is 10.0. The van der Waals surface area contributed by atoms with Gasteiger partial charge in [-0.1, -0.05) is 18.2 Å². The van der Waals surface area contributed by atoms with Gasteiger partial charge < -0.3 is 4.90 Å². The van der Waals surface area contributed by atoms with E-state index in [1.54, 1.807) is 0 Å². The molecule has 0 spiro atoms. The zero-order valence-electron chi connectivity index (χ0n) is 10.1. The number of hydrogen-bond acceptors (Lipinski definition) is 2. The van der Waals surface area contributed by atoms with Crippen molar-refractivity contribution < 1.29 is 0 Å². The van der Waals surface area contributed by atoms with Gasteiger partial charge in [0.2, 0.25) is 0 Å². The van der Waals surface area contributed by atoms with E-state index in [4.69, 9.17) is 0 Å². The van der Waals surface area contributed by atoms with Crippen molar-refractivity contribution in [1.82, 2.24) is 4.98 Å². The van der Waals surface area contributed by atoms with Crippen molar-refractivity contribution in [2.24, 2.45) is 0 Å². The number of benzene rings is 1. The number of aryl methyl sites for hydroxylation is 1. The van der Waals surface area contributed by atoms with Gasteiger partial charge in [-0.05, 0) is 52.0 Å². The van der Waals surface area contributed by atoms with Gasteiger partial charge in [0.15, 0.2) is 0 Å². The van der Waals surface area contributed by atoms with Crippen LogP contribution in [0.25, 0.3) is 0 Å². The van der Waals surface area contributed by atoms with Crippen LogP contribution in [0.1, 0.15) is 17.5 Å². The molecule has 0 radical (unpaired) electrons. The van der Waals surface area contributed by atoms with E-state index in [0.29, 0.717) is 0 Å². The topological polar surface area (TPSA) is 16.1 Å². The minimum Gasteiger partial charge on any atom is -0.367 e. The minimum absolute atomic E-state index is 0.934. The van der Waals surface area contributed by atoms with Crippen LogP contribution in [0.4, 0.5) is 5.69 Å². The van der Waals surface area contributed by atoms with Gasteiger partial charge >= 0.3 is 0 Å². The summed E-state index contributed by atoms with van der Waals surface area (Å²) in [5, 5.41) is 0. The highest BCUT2D eigenvalue weighted by molar-refractivity contribution is 9.10. The van der Waals surface area contributed by atoms with E-state index in [2.05, 4.69) is 56.1 Å². The smallest absolute Gasteiger partial charge is 0.0445 e. The molecule has 0 bridgehead atoms. The van der Waals surface area contributed by atoms with Crippen LogP contribution >= 0.6 is 15.9 Å². The summed E-state index contributed by atoms with van der Waals surface area (Å²) in [4.78, 5) is 6.68. The monoisotopic (exact) mass is 302 g/mol. The third-order valence-electron chi connectivity index (χ3n) is 3.34. The van der Waals surface area contributed by atoms with E-state index in [1.165, 1.54) is 29.7 Å². The Bertz CT molecular complexity index is 554. The molecule has 0 atom stereocenters. The van der Waals surface area contributed by atoms with Crippen LogP contribution in [0, 0.1) is 0 Å². The first-order chi connectivity index (χ1) is 8.83. The van der Waals surface area contributed by atoms with Crippen molar-refractivity contribution in [3.63, 3.8) is 0 Å². The maximum Gasteiger partial charge on any atom is 0.0445 e. The van der Waals surface area contributed by atoms with E-state index in [9.17, 15) is 0 Å². The third-order valence-corrected chi connectivity index (χ3v) is 3.78. The van der Waals surface area contributed by atoms with E-state index >= 15 is 0 Å². The molecule has 1 aromatic heterocycles.